The first kappa shape index (κ1) is 17.8. The van der Waals surface area contributed by atoms with E-state index in [0.717, 1.165) is 49.1 Å². The van der Waals surface area contributed by atoms with Gasteiger partial charge in [-0.25, -0.2) is 0 Å². The Hall–Kier alpha value is -2.04. The Balaban J connectivity index is 1.53. The van der Waals surface area contributed by atoms with Crippen molar-refractivity contribution in [3.05, 3.63) is 29.3 Å². The highest BCUT2D eigenvalue weighted by atomic mass is 16.6. The molecule has 1 aromatic carbocycles. The third-order valence-corrected chi connectivity index (χ3v) is 5.07. The van der Waals surface area contributed by atoms with E-state index in [1.165, 1.54) is 31.2 Å². The lowest BCUT2D eigenvalue weighted by Gasteiger charge is -2.18. The van der Waals surface area contributed by atoms with Crippen molar-refractivity contribution in [1.82, 2.24) is 5.32 Å². The zero-order valence-electron chi connectivity index (χ0n) is 15.1. The number of fused-ring (bicyclic) bond motifs is 1. The third-order valence-electron chi connectivity index (χ3n) is 5.07. The van der Waals surface area contributed by atoms with Crippen LogP contribution in [0.15, 0.2) is 23.4 Å². The van der Waals surface area contributed by atoms with Gasteiger partial charge in [0.15, 0.2) is 6.61 Å². The number of hydrogen-bond acceptors (Lipinski definition) is 4. The second-order valence-corrected chi connectivity index (χ2v) is 6.94. The molecule has 0 spiro atoms. The van der Waals surface area contributed by atoms with Crippen molar-refractivity contribution < 1.29 is 14.4 Å². The standard InChI is InChI=1S/C20H28N2O3/c1-24-17-11-12-18-15(13-17)7-6-10-19(18)22-25-14-20(23)21-16-8-4-2-3-5-9-16/h11-13,16H,2-10,14H2,1H3,(H,21,23). The summed E-state index contributed by atoms with van der Waals surface area (Å²) in [5.74, 6) is 0.797. The van der Waals surface area contributed by atoms with Crippen LogP contribution in [0, 0.1) is 0 Å². The molecule has 25 heavy (non-hydrogen) atoms. The first-order valence-corrected chi connectivity index (χ1v) is 9.42. The molecule has 0 unspecified atom stereocenters. The number of nitrogens with zero attached hydrogens (tertiary/aromatic N) is 1. The molecule has 1 saturated carbocycles. The van der Waals surface area contributed by atoms with E-state index in [-0.39, 0.29) is 12.5 Å². The summed E-state index contributed by atoms with van der Waals surface area (Å²) in [4.78, 5) is 17.4. The maximum Gasteiger partial charge on any atom is 0.260 e. The highest BCUT2D eigenvalue weighted by Gasteiger charge is 2.18. The summed E-state index contributed by atoms with van der Waals surface area (Å²) < 4.78 is 5.29. The van der Waals surface area contributed by atoms with Gasteiger partial charge < -0.3 is 14.9 Å². The van der Waals surface area contributed by atoms with E-state index in [9.17, 15) is 4.79 Å². The van der Waals surface area contributed by atoms with Gasteiger partial charge in [0.05, 0.1) is 12.8 Å². The van der Waals surface area contributed by atoms with Crippen molar-refractivity contribution in [2.45, 2.75) is 63.8 Å². The summed E-state index contributed by atoms with van der Waals surface area (Å²) in [5, 5.41) is 7.33. The van der Waals surface area contributed by atoms with E-state index in [4.69, 9.17) is 9.57 Å². The molecule has 0 saturated heterocycles. The van der Waals surface area contributed by atoms with Gasteiger partial charge in [-0.3, -0.25) is 4.79 Å². The van der Waals surface area contributed by atoms with Crippen LogP contribution < -0.4 is 10.1 Å². The Morgan fingerprint density at radius 2 is 1.96 bits per heavy atom. The normalized spacial score (nSPS) is 19.8. The predicted octanol–water partition coefficient (Wildman–Crippen LogP) is 3.59. The molecule has 3 rings (SSSR count). The minimum Gasteiger partial charge on any atom is -0.497 e. The molecule has 0 aliphatic heterocycles. The number of amides is 1. The van der Waals surface area contributed by atoms with Gasteiger partial charge in [0.25, 0.3) is 5.91 Å². The van der Waals surface area contributed by atoms with E-state index in [2.05, 4.69) is 16.5 Å². The van der Waals surface area contributed by atoms with E-state index < -0.39 is 0 Å². The Morgan fingerprint density at radius 1 is 1.16 bits per heavy atom. The third kappa shape index (κ3) is 4.97. The number of aryl methyl sites for hydroxylation is 1. The van der Waals surface area contributed by atoms with Crippen LogP contribution in [0.1, 0.15) is 62.5 Å². The molecule has 1 aromatic rings. The number of methoxy groups -OCH3 is 1. The van der Waals surface area contributed by atoms with Crippen LogP contribution in [0.5, 0.6) is 5.75 Å². The first-order chi connectivity index (χ1) is 12.3. The van der Waals surface area contributed by atoms with Crippen molar-refractivity contribution in [3.63, 3.8) is 0 Å². The van der Waals surface area contributed by atoms with Crippen molar-refractivity contribution in [2.75, 3.05) is 13.7 Å². The predicted molar refractivity (Wildman–Crippen MR) is 98.1 cm³/mol. The zero-order chi connectivity index (χ0) is 17.5. The van der Waals surface area contributed by atoms with Gasteiger partial charge in [0, 0.05) is 11.6 Å². The van der Waals surface area contributed by atoms with Crippen LogP contribution >= 0.6 is 0 Å². The average molecular weight is 344 g/mol. The summed E-state index contributed by atoms with van der Waals surface area (Å²) in [7, 11) is 1.68. The molecule has 2 aliphatic rings. The fraction of sp³-hybridized carbons (Fsp3) is 0.600. The Labute approximate surface area is 149 Å². The molecule has 0 heterocycles. The van der Waals surface area contributed by atoms with Gasteiger partial charge in [0.2, 0.25) is 0 Å². The summed E-state index contributed by atoms with van der Waals surface area (Å²) in [6.07, 6.45) is 10.1. The molecule has 0 aromatic heterocycles. The van der Waals surface area contributed by atoms with Crippen LogP contribution in [0.3, 0.4) is 0 Å². The van der Waals surface area contributed by atoms with Crippen molar-refractivity contribution in [3.8, 4) is 5.75 Å². The molecule has 2 aliphatic carbocycles. The highest BCUT2D eigenvalue weighted by Crippen LogP contribution is 2.26. The number of rotatable bonds is 5. The van der Waals surface area contributed by atoms with Crippen LogP contribution in [0.25, 0.3) is 0 Å². The number of nitrogens with one attached hydrogen (secondary N) is 1. The topological polar surface area (TPSA) is 59.9 Å². The summed E-state index contributed by atoms with van der Waals surface area (Å²) >= 11 is 0. The molecule has 0 radical (unpaired) electrons. The van der Waals surface area contributed by atoms with E-state index in [1.807, 2.05) is 12.1 Å². The summed E-state index contributed by atoms with van der Waals surface area (Å²) in [5.41, 5.74) is 3.26. The van der Waals surface area contributed by atoms with Gasteiger partial charge in [-0.2, -0.15) is 0 Å². The monoisotopic (exact) mass is 344 g/mol. The number of hydrogen-bond donors (Lipinski definition) is 1. The van der Waals surface area contributed by atoms with E-state index in [0.29, 0.717) is 6.04 Å². The van der Waals surface area contributed by atoms with Gasteiger partial charge >= 0.3 is 0 Å². The zero-order valence-corrected chi connectivity index (χ0v) is 15.1. The molecule has 5 nitrogen and oxygen atoms in total. The Morgan fingerprint density at radius 3 is 2.72 bits per heavy atom. The Bertz CT molecular complexity index is 619. The lowest BCUT2D eigenvalue weighted by Crippen LogP contribution is -2.36. The minimum atomic E-state index is -0.0676. The number of carbonyl (C=O) groups is 1. The number of benzene rings is 1. The molecule has 1 amide bonds. The largest absolute Gasteiger partial charge is 0.497 e. The second-order valence-electron chi connectivity index (χ2n) is 6.94. The van der Waals surface area contributed by atoms with Crippen LogP contribution in [0.4, 0.5) is 0 Å². The van der Waals surface area contributed by atoms with Crippen LogP contribution in [-0.4, -0.2) is 31.4 Å². The molecule has 1 N–H and O–H groups in total. The number of carbonyl (C=O) groups excluding carboxylic acids is 1. The van der Waals surface area contributed by atoms with Crippen molar-refractivity contribution in [1.29, 1.82) is 0 Å². The van der Waals surface area contributed by atoms with Crippen LogP contribution in [0.2, 0.25) is 0 Å². The second kappa shape index (κ2) is 8.88. The average Bonchev–Trinajstić information content (AvgIpc) is 2.90. The molecule has 0 bridgehead atoms. The minimum absolute atomic E-state index is 0.00844. The lowest BCUT2D eigenvalue weighted by atomic mass is 9.90. The van der Waals surface area contributed by atoms with Crippen molar-refractivity contribution in [2.24, 2.45) is 5.16 Å². The molecule has 136 valence electrons. The van der Waals surface area contributed by atoms with Crippen molar-refractivity contribution >= 4 is 11.6 Å². The first-order valence-electron chi connectivity index (χ1n) is 9.42. The number of oxime groups is 1. The smallest absolute Gasteiger partial charge is 0.260 e. The van der Waals surface area contributed by atoms with E-state index >= 15 is 0 Å². The fourth-order valence-corrected chi connectivity index (χ4v) is 3.72. The summed E-state index contributed by atoms with van der Waals surface area (Å²) in [6, 6.07) is 6.33. The maximum atomic E-state index is 12.1. The van der Waals surface area contributed by atoms with Gasteiger partial charge in [0.1, 0.15) is 5.75 Å². The molecular weight excluding hydrogens is 316 g/mol. The van der Waals surface area contributed by atoms with Crippen LogP contribution in [-0.2, 0) is 16.1 Å². The molecule has 0 atom stereocenters. The fourth-order valence-electron chi connectivity index (χ4n) is 3.72. The molecular formula is C20H28N2O3. The van der Waals surface area contributed by atoms with E-state index in [1.54, 1.807) is 7.11 Å². The lowest BCUT2D eigenvalue weighted by molar-refractivity contribution is -0.126. The van der Waals surface area contributed by atoms with Gasteiger partial charge in [-0.1, -0.05) is 30.8 Å². The maximum absolute atomic E-state index is 12.1. The molecule has 1 fully saturated rings. The highest BCUT2D eigenvalue weighted by molar-refractivity contribution is 6.02. The van der Waals surface area contributed by atoms with Gasteiger partial charge in [-0.15, -0.1) is 0 Å². The number of ether oxygens (including phenoxy) is 1. The summed E-state index contributed by atoms with van der Waals surface area (Å²) in [6.45, 7) is -0.00844. The van der Waals surface area contributed by atoms with Gasteiger partial charge in [-0.05, 0) is 55.9 Å². The quantitative estimate of drug-likeness (QED) is 0.656. The SMILES string of the molecule is COc1ccc2c(c1)CCCC2=NOCC(=O)NC1CCCCCC1. The Kier molecular flexibility index (Phi) is 6.31. The molecule has 5 heteroatoms.